The van der Waals surface area contributed by atoms with Crippen LogP contribution in [0.25, 0.3) is 0 Å². The van der Waals surface area contributed by atoms with Gasteiger partial charge < -0.3 is 10.1 Å². The number of hydrogen-bond acceptors (Lipinski definition) is 4. The topological polar surface area (TPSA) is 55.4 Å². The van der Waals surface area contributed by atoms with Crippen LogP contribution < -0.4 is 5.32 Å². The van der Waals surface area contributed by atoms with Crippen molar-refractivity contribution in [2.45, 2.75) is 26.7 Å². The summed E-state index contributed by atoms with van der Waals surface area (Å²) in [6.07, 6.45) is 1.26. The molecule has 0 bridgehead atoms. The van der Waals surface area contributed by atoms with Crippen LogP contribution in [0.15, 0.2) is 35.7 Å². The molecule has 0 atom stereocenters. The summed E-state index contributed by atoms with van der Waals surface area (Å²) in [6.45, 7) is 4.16. The SMILES string of the molecule is CCOC(=O)c1ccsc1NC(=O)Cc1ccc(CC)cc1. The lowest BCUT2D eigenvalue weighted by Crippen LogP contribution is -2.16. The van der Waals surface area contributed by atoms with Gasteiger partial charge in [-0.15, -0.1) is 11.3 Å². The number of amides is 1. The zero-order valence-corrected chi connectivity index (χ0v) is 13.5. The first kappa shape index (κ1) is 16.2. The highest BCUT2D eigenvalue weighted by molar-refractivity contribution is 7.14. The number of benzene rings is 1. The Balaban J connectivity index is 2.00. The van der Waals surface area contributed by atoms with Crippen molar-refractivity contribution in [3.05, 3.63) is 52.4 Å². The van der Waals surface area contributed by atoms with Gasteiger partial charge in [0, 0.05) is 0 Å². The summed E-state index contributed by atoms with van der Waals surface area (Å²) in [6, 6.07) is 9.63. The van der Waals surface area contributed by atoms with Gasteiger partial charge in [-0.05, 0) is 35.9 Å². The summed E-state index contributed by atoms with van der Waals surface area (Å²) in [5.74, 6) is -0.552. The van der Waals surface area contributed by atoms with Gasteiger partial charge in [-0.1, -0.05) is 31.2 Å². The molecular formula is C17H19NO3S. The number of carbonyl (C=O) groups excluding carboxylic acids is 2. The quantitative estimate of drug-likeness (QED) is 0.827. The molecule has 0 radical (unpaired) electrons. The molecule has 0 saturated heterocycles. The zero-order chi connectivity index (χ0) is 15.9. The Kier molecular flexibility index (Phi) is 5.72. The smallest absolute Gasteiger partial charge is 0.341 e. The number of hydrogen-bond donors (Lipinski definition) is 1. The summed E-state index contributed by atoms with van der Waals surface area (Å²) in [5.41, 5.74) is 2.59. The molecule has 22 heavy (non-hydrogen) atoms. The van der Waals surface area contributed by atoms with E-state index in [0.717, 1.165) is 12.0 Å². The summed E-state index contributed by atoms with van der Waals surface area (Å²) >= 11 is 1.32. The van der Waals surface area contributed by atoms with Crippen molar-refractivity contribution in [1.29, 1.82) is 0 Å². The molecule has 1 aromatic heterocycles. The molecule has 0 saturated carbocycles. The third-order valence-electron chi connectivity index (χ3n) is 3.21. The monoisotopic (exact) mass is 317 g/mol. The van der Waals surface area contributed by atoms with Crippen LogP contribution >= 0.6 is 11.3 Å². The predicted octanol–water partition coefficient (Wildman–Crippen LogP) is 3.67. The highest BCUT2D eigenvalue weighted by Gasteiger charge is 2.16. The van der Waals surface area contributed by atoms with Crippen molar-refractivity contribution in [1.82, 2.24) is 0 Å². The molecule has 0 spiro atoms. The van der Waals surface area contributed by atoms with Gasteiger partial charge in [-0.3, -0.25) is 4.79 Å². The number of thiophene rings is 1. The second kappa shape index (κ2) is 7.75. The molecule has 0 aliphatic rings. The minimum absolute atomic E-state index is 0.141. The number of ether oxygens (including phenoxy) is 1. The molecule has 1 N–H and O–H groups in total. The number of anilines is 1. The first-order valence-corrected chi connectivity index (χ1v) is 8.14. The van der Waals surface area contributed by atoms with E-state index in [1.165, 1.54) is 16.9 Å². The standard InChI is InChI=1S/C17H19NO3S/c1-3-12-5-7-13(8-6-12)11-15(19)18-16-14(9-10-22-16)17(20)21-4-2/h5-10H,3-4,11H2,1-2H3,(H,18,19). The predicted molar refractivity (Wildman–Crippen MR) is 88.4 cm³/mol. The summed E-state index contributed by atoms with van der Waals surface area (Å²) < 4.78 is 4.97. The van der Waals surface area contributed by atoms with E-state index < -0.39 is 5.97 Å². The van der Waals surface area contributed by atoms with Crippen molar-refractivity contribution < 1.29 is 14.3 Å². The fourth-order valence-electron chi connectivity index (χ4n) is 2.02. The molecule has 1 aromatic carbocycles. The van der Waals surface area contributed by atoms with E-state index in [2.05, 4.69) is 12.2 Å². The minimum atomic E-state index is -0.411. The number of carbonyl (C=O) groups is 2. The van der Waals surface area contributed by atoms with Crippen LogP contribution in [0, 0.1) is 0 Å². The van der Waals surface area contributed by atoms with Gasteiger partial charge in [0.25, 0.3) is 0 Å². The van der Waals surface area contributed by atoms with E-state index >= 15 is 0 Å². The maximum atomic E-state index is 12.1. The van der Waals surface area contributed by atoms with E-state index in [4.69, 9.17) is 4.74 Å². The maximum absolute atomic E-state index is 12.1. The Morgan fingerprint density at radius 2 is 1.77 bits per heavy atom. The van der Waals surface area contributed by atoms with Crippen LogP contribution in [0.4, 0.5) is 5.00 Å². The lowest BCUT2D eigenvalue weighted by molar-refractivity contribution is -0.115. The molecule has 1 amide bonds. The summed E-state index contributed by atoms with van der Waals surface area (Å²) in [5, 5.41) is 5.08. The van der Waals surface area contributed by atoms with Gasteiger partial charge in [0.1, 0.15) is 5.00 Å². The Morgan fingerprint density at radius 1 is 1.09 bits per heavy atom. The van der Waals surface area contributed by atoms with Gasteiger partial charge in [0.05, 0.1) is 18.6 Å². The zero-order valence-electron chi connectivity index (χ0n) is 12.7. The van der Waals surface area contributed by atoms with E-state index in [9.17, 15) is 9.59 Å². The molecule has 5 heteroatoms. The fraction of sp³-hybridized carbons (Fsp3) is 0.294. The van der Waals surface area contributed by atoms with Crippen LogP contribution in [-0.4, -0.2) is 18.5 Å². The lowest BCUT2D eigenvalue weighted by atomic mass is 10.1. The second-order valence-corrected chi connectivity index (χ2v) is 5.69. The fourth-order valence-corrected chi connectivity index (χ4v) is 2.82. The molecule has 2 rings (SSSR count). The Morgan fingerprint density at radius 3 is 2.41 bits per heavy atom. The number of esters is 1. The number of aryl methyl sites for hydroxylation is 1. The van der Waals surface area contributed by atoms with Crippen molar-refractivity contribution >= 4 is 28.2 Å². The average Bonchev–Trinajstić information content (AvgIpc) is 2.96. The van der Waals surface area contributed by atoms with Crippen molar-refractivity contribution in [2.75, 3.05) is 11.9 Å². The van der Waals surface area contributed by atoms with E-state index in [1.54, 1.807) is 18.4 Å². The van der Waals surface area contributed by atoms with Crippen molar-refractivity contribution in [3.63, 3.8) is 0 Å². The van der Waals surface area contributed by atoms with Crippen LogP contribution in [0.3, 0.4) is 0 Å². The lowest BCUT2D eigenvalue weighted by Gasteiger charge is -2.06. The first-order valence-electron chi connectivity index (χ1n) is 7.26. The Labute approximate surface area is 134 Å². The molecule has 4 nitrogen and oxygen atoms in total. The van der Waals surface area contributed by atoms with Crippen LogP contribution in [0.5, 0.6) is 0 Å². The molecule has 1 heterocycles. The van der Waals surface area contributed by atoms with Crippen LogP contribution in [-0.2, 0) is 22.4 Å². The molecular weight excluding hydrogens is 298 g/mol. The van der Waals surface area contributed by atoms with Gasteiger partial charge >= 0.3 is 5.97 Å². The summed E-state index contributed by atoms with van der Waals surface area (Å²) in [7, 11) is 0. The molecule has 116 valence electrons. The highest BCUT2D eigenvalue weighted by atomic mass is 32.1. The van der Waals surface area contributed by atoms with Crippen LogP contribution in [0.2, 0.25) is 0 Å². The van der Waals surface area contributed by atoms with E-state index in [0.29, 0.717) is 17.2 Å². The molecule has 0 aliphatic carbocycles. The van der Waals surface area contributed by atoms with Gasteiger partial charge in [0.15, 0.2) is 0 Å². The Hall–Kier alpha value is -2.14. The second-order valence-electron chi connectivity index (χ2n) is 4.78. The first-order chi connectivity index (χ1) is 10.6. The van der Waals surface area contributed by atoms with Crippen molar-refractivity contribution in [2.24, 2.45) is 0 Å². The normalized spacial score (nSPS) is 10.3. The van der Waals surface area contributed by atoms with E-state index in [1.807, 2.05) is 24.3 Å². The number of nitrogens with one attached hydrogen (secondary N) is 1. The third kappa shape index (κ3) is 4.18. The Bertz CT molecular complexity index is 646. The van der Waals surface area contributed by atoms with Crippen LogP contribution in [0.1, 0.15) is 35.3 Å². The summed E-state index contributed by atoms with van der Waals surface area (Å²) in [4.78, 5) is 23.9. The molecule has 0 fully saturated rings. The minimum Gasteiger partial charge on any atom is -0.462 e. The molecule has 2 aromatic rings. The van der Waals surface area contributed by atoms with Crippen molar-refractivity contribution in [3.8, 4) is 0 Å². The van der Waals surface area contributed by atoms with Gasteiger partial charge in [0.2, 0.25) is 5.91 Å². The third-order valence-corrected chi connectivity index (χ3v) is 4.04. The van der Waals surface area contributed by atoms with E-state index in [-0.39, 0.29) is 12.3 Å². The highest BCUT2D eigenvalue weighted by Crippen LogP contribution is 2.24. The average molecular weight is 317 g/mol. The van der Waals surface area contributed by atoms with Gasteiger partial charge in [-0.25, -0.2) is 4.79 Å². The largest absolute Gasteiger partial charge is 0.462 e. The number of rotatable bonds is 6. The maximum Gasteiger partial charge on any atom is 0.341 e. The molecule has 0 unspecified atom stereocenters. The van der Waals surface area contributed by atoms with Gasteiger partial charge in [-0.2, -0.15) is 0 Å². The molecule has 0 aliphatic heterocycles.